The Hall–Kier alpha value is -1.40. The zero-order chi connectivity index (χ0) is 14.6. The molecule has 6 heteroatoms. The van der Waals surface area contributed by atoms with Gasteiger partial charge < -0.3 is 11.1 Å². The van der Waals surface area contributed by atoms with E-state index in [1.165, 1.54) is 0 Å². The van der Waals surface area contributed by atoms with Gasteiger partial charge in [0.25, 0.3) is 0 Å². The maximum Gasteiger partial charge on any atom is 0.237 e. The highest BCUT2D eigenvalue weighted by Crippen LogP contribution is 2.19. The van der Waals surface area contributed by atoms with E-state index >= 15 is 0 Å². The van der Waals surface area contributed by atoms with Crippen LogP contribution in [-0.2, 0) is 21.1 Å². The predicted molar refractivity (Wildman–Crippen MR) is 77.9 cm³/mol. The lowest BCUT2D eigenvalue weighted by Crippen LogP contribution is -2.45. The molecule has 1 aromatic carbocycles. The first-order chi connectivity index (χ1) is 9.49. The van der Waals surface area contributed by atoms with Crippen LogP contribution in [0.25, 0.3) is 0 Å². The first-order valence-corrected chi connectivity index (χ1v) is 8.49. The number of nitrogens with one attached hydrogen (secondary N) is 1. The molecule has 2 atom stereocenters. The molecule has 5 nitrogen and oxygen atoms in total. The van der Waals surface area contributed by atoms with Crippen LogP contribution in [0, 0.1) is 0 Å². The molecule has 2 rings (SSSR count). The number of carbonyl (C=O) groups is 1. The zero-order valence-corrected chi connectivity index (χ0v) is 12.1. The quantitative estimate of drug-likeness (QED) is 0.815. The van der Waals surface area contributed by atoms with Crippen molar-refractivity contribution in [3.8, 4) is 0 Å². The summed E-state index contributed by atoms with van der Waals surface area (Å²) in [7, 11) is -3.02. The number of carbonyl (C=O) groups excluding carboxylic acids is 1. The van der Waals surface area contributed by atoms with Crippen molar-refractivity contribution in [1.82, 2.24) is 5.32 Å². The molecule has 3 N–H and O–H groups in total. The monoisotopic (exact) mass is 296 g/mol. The van der Waals surface area contributed by atoms with Crippen molar-refractivity contribution >= 4 is 15.7 Å². The molecule has 110 valence electrons. The fourth-order valence-electron chi connectivity index (χ4n) is 2.39. The van der Waals surface area contributed by atoms with Crippen LogP contribution in [0.4, 0.5) is 0 Å². The number of hydrogen-bond acceptors (Lipinski definition) is 4. The molecule has 2 unspecified atom stereocenters. The van der Waals surface area contributed by atoms with E-state index in [-0.39, 0.29) is 18.2 Å². The average Bonchev–Trinajstić information content (AvgIpc) is 2.76. The van der Waals surface area contributed by atoms with Gasteiger partial charge in [0.2, 0.25) is 5.91 Å². The Balaban J connectivity index is 1.83. The Kier molecular flexibility index (Phi) is 4.77. The van der Waals surface area contributed by atoms with E-state index in [1.54, 1.807) is 0 Å². The third kappa shape index (κ3) is 3.80. The zero-order valence-electron chi connectivity index (χ0n) is 11.3. The highest BCUT2D eigenvalue weighted by Gasteiger charge is 2.31. The first-order valence-electron chi connectivity index (χ1n) is 6.78. The van der Waals surface area contributed by atoms with E-state index in [0.717, 1.165) is 5.56 Å². The summed E-state index contributed by atoms with van der Waals surface area (Å²) >= 11 is 0. The smallest absolute Gasteiger partial charge is 0.237 e. The molecule has 1 aromatic rings. The van der Waals surface area contributed by atoms with Crippen LogP contribution in [0.3, 0.4) is 0 Å². The summed E-state index contributed by atoms with van der Waals surface area (Å²) in [5, 5.41) is 2.21. The lowest BCUT2D eigenvalue weighted by molar-refractivity contribution is -0.122. The number of rotatable bonds is 5. The minimum atomic E-state index is -3.02. The average molecular weight is 296 g/mol. The highest BCUT2D eigenvalue weighted by molar-refractivity contribution is 7.92. The topological polar surface area (TPSA) is 89.3 Å². The molecule has 20 heavy (non-hydrogen) atoms. The van der Waals surface area contributed by atoms with Crippen LogP contribution in [0.15, 0.2) is 30.3 Å². The summed E-state index contributed by atoms with van der Waals surface area (Å²) in [6.07, 6.45) is 1.75. The van der Waals surface area contributed by atoms with E-state index in [4.69, 9.17) is 5.73 Å². The SMILES string of the molecule is NC(Cc1ccccc1)C(=O)NCC1CCCS1(=O)=O. The second kappa shape index (κ2) is 6.37. The standard InChI is InChI=1S/C14H20N2O3S/c15-13(9-11-5-2-1-3-6-11)14(17)16-10-12-7-4-8-20(12,18)19/h1-3,5-6,12-13H,4,7-10,15H2,(H,16,17). The van der Waals surface area contributed by atoms with Gasteiger partial charge in [0.1, 0.15) is 0 Å². The normalized spacial score (nSPS) is 22.4. The van der Waals surface area contributed by atoms with Crippen molar-refractivity contribution in [2.75, 3.05) is 12.3 Å². The van der Waals surface area contributed by atoms with Crippen LogP contribution in [0.2, 0.25) is 0 Å². The number of amides is 1. The van der Waals surface area contributed by atoms with Crippen molar-refractivity contribution in [2.24, 2.45) is 5.73 Å². The van der Waals surface area contributed by atoms with E-state index in [2.05, 4.69) is 5.32 Å². The van der Waals surface area contributed by atoms with E-state index in [1.807, 2.05) is 30.3 Å². The third-order valence-electron chi connectivity index (χ3n) is 3.60. The lowest BCUT2D eigenvalue weighted by Gasteiger charge is -2.15. The summed E-state index contributed by atoms with van der Waals surface area (Å²) < 4.78 is 23.3. The van der Waals surface area contributed by atoms with Crippen LogP contribution in [-0.4, -0.2) is 37.9 Å². The Morgan fingerprint density at radius 2 is 2.05 bits per heavy atom. The molecule has 0 aromatic heterocycles. The Labute approximate surface area is 119 Å². The first kappa shape index (κ1) is 15.0. The largest absolute Gasteiger partial charge is 0.353 e. The van der Waals surface area contributed by atoms with Crippen molar-refractivity contribution in [3.63, 3.8) is 0 Å². The second-order valence-electron chi connectivity index (χ2n) is 5.17. The van der Waals surface area contributed by atoms with Crippen molar-refractivity contribution in [2.45, 2.75) is 30.6 Å². The Bertz CT molecular complexity index is 557. The summed E-state index contributed by atoms with van der Waals surface area (Å²) in [5.41, 5.74) is 6.83. The van der Waals surface area contributed by atoms with Crippen LogP contribution in [0.1, 0.15) is 18.4 Å². The van der Waals surface area contributed by atoms with E-state index in [0.29, 0.717) is 19.3 Å². The minimum absolute atomic E-state index is 0.170. The summed E-state index contributed by atoms with van der Waals surface area (Å²) in [6, 6.07) is 8.86. The fraction of sp³-hybridized carbons (Fsp3) is 0.500. The molecule has 0 aliphatic carbocycles. The van der Waals surface area contributed by atoms with Crippen molar-refractivity contribution in [1.29, 1.82) is 0 Å². The maximum absolute atomic E-state index is 11.9. The van der Waals surface area contributed by atoms with E-state index < -0.39 is 21.1 Å². The molecule has 0 radical (unpaired) electrons. The Morgan fingerprint density at radius 1 is 1.35 bits per heavy atom. The lowest BCUT2D eigenvalue weighted by atomic mass is 10.1. The van der Waals surface area contributed by atoms with Gasteiger partial charge in [-0.1, -0.05) is 30.3 Å². The molecular weight excluding hydrogens is 276 g/mol. The summed E-state index contributed by atoms with van der Waals surface area (Å²) in [5.74, 6) is -0.0696. The van der Waals surface area contributed by atoms with Crippen LogP contribution >= 0.6 is 0 Å². The number of benzene rings is 1. The van der Waals surface area contributed by atoms with Gasteiger partial charge >= 0.3 is 0 Å². The van der Waals surface area contributed by atoms with Gasteiger partial charge in [-0.15, -0.1) is 0 Å². The molecule has 1 aliphatic heterocycles. The molecule has 1 saturated heterocycles. The van der Waals surface area contributed by atoms with Gasteiger partial charge in [-0.2, -0.15) is 0 Å². The Morgan fingerprint density at radius 3 is 2.65 bits per heavy atom. The van der Waals surface area contributed by atoms with Gasteiger partial charge in [0.05, 0.1) is 17.0 Å². The number of hydrogen-bond donors (Lipinski definition) is 2. The van der Waals surface area contributed by atoms with Gasteiger partial charge in [0.15, 0.2) is 9.84 Å². The molecule has 1 amide bonds. The molecule has 1 heterocycles. The molecule has 0 saturated carbocycles. The highest BCUT2D eigenvalue weighted by atomic mass is 32.2. The van der Waals surface area contributed by atoms with Crippen LogP contribution in [0.5, 0.6) is 0 Å². The minimum Gasteiger partial charge on any atom is -0.353 e. The molecule has 1 aliphatic rings. The summed E-state index contributed by atoms with van der Waals surface area (Å²) in [6.45, 7) is 0.170. The van der Waals surface area contributed by atoms with Gasteiger partial charge in [-0.05, 0) is 24.8 Å². The number of sulfone groups is 1. The number of nitrogens with two attached hydrogens (primary N) is 1. The van der Waals surface area contributed by atoms with Crippen LogP contribution < -0.4 is 11.1 Å². The van der Waals surface area contributed by atoms with Gasteiger partial charge in [-0.3, -0.25) is 4.79 Å². The van der Waals surface area contributed by atoms with E-state index in [9.17, 15) is 13.2 Å². The third-order valence-corrected chi connectivity index (χ3v) is 5.88. The second-order valence-corrected chi connectivity index (χ2v) is 7.57. The van der Waals surface area contributed by atoms with Crippen molar-refractivity contribution in [3.05, 3.63) is 35.9 Å². The maximum atomic E-state index is 11.9. The molecular formula is C14H20N2O3S. The van der Waals surface area contributed by atoms with Crippen molar-refractivity contribution < 1.29 is 13.2 Å². The fourth-order valence-corrected chi connectivity index (χ4v) is 4.16. The molecule has 0 bridgehead atoms. The summed E-state index contributed by atoms with van der Waals surface area (Å²) in [4.78, 5) is 11.9. The molecule has 0 spiro atoms. The van der Waals surface area contributed by atoms with Gasteiger partial charge in [-0.25, -0.2) is 8.42 Å². The predicted octanol–water partition coefficient (Wildman–Crippen LogP) is 0.250. The van der Waals surface area contributed by atoms with Gasteiger partial charge in [0, 0.05) is 6.54 Å². The molecule has 1 fully saturated rings.